The second-order valence-electron chi connectivity index (χ2n) is 16.0. The van der Waals surface area contributed by atoms with Crippen LogP contribution in [0.25, 0.3) is 0 Å². The Labute approximate surface area is 371 Å². The van der Waals surface area contributed by atoms with Gasteiger partial charge in [-0.3, -0.25) is 9.59 Å². The Kier molecular flexibility index (Phi) is 47.5. The van der Waals surface area contributed by atoms with Crippen molar-refractivity contribution in [3.8, 4) is 0 Å². The van der Waals surface area contributed by atoms with Crippen LogP contribution in [0.5, 0.6) is 0 Å². The molecule has 0 aliphatic carbocycles. The van der Waals surface area contributed by atoms with E-state index in [0.29, 0.717) is 13.0 Å². The zero-order valence-corrected chi connectivity index (χ0v) is 39.2. The molecule has 1 atom stereocenters. The predicted octanol–water partition coefficient (Wildman–Crippen LogP) is 16.7. The van der Waals surface area contributed by atoms with Crippen LogP contribution in [0, 0.1) is 0 Å². The maximum absolute atomic E-state index is 12.8. The first-order chi connectivity index (χ1) is 29.6. The standard InChI is InChI=1S/C55H92O5/c1-4-7-10-13-16-19-22-25-28-30-33-36-39-42-45-48-54(56)59-52-53(51-58-50-47-44-41-38-35-32-27-24-21-18-15-12-9-6-3)60-55(57)49-46-43-40-37-34-31-29-26-23-20-17-14-11-8-5-2/h7,10,12,15-16,19,21,24-26,28-29,33,36,42,45,53H,4-6,8-9,11,13-14,17-18,20,22-23,27,30-32,34-35,37-41,43-44,46-52H2,1-3H3/b10-7-,15-12-,19-16-,24-21-,28-25-,29-26-,36-33-,45-42-. The van der Waals surface area contributed by atoms with Gasteiger partial charge in [0, 0.05) is 13.0 Å². The molecule has 5 nitrogen and oxygen atoms in total. The van der Waals surface area contributed by atoms with Gasteiger partial charge in [0.1, 0.15) is 6.61 Å². The second kappa shape index (κ2) is 50.2. The lowest BCUT2D eigenvalue weighted by atomic mass is 10.1. The average Bonchev–Trinajstić information content (AvgIpc) is 3.25. The molecule has 0 aromatic rings. The Bertz CT molecular complexity index is 1170. The summed E-state index contributed by atoms with van der Waals surface area (Å²) < 4.78 is 17.3. The number of hydrogen-bond donors (Lipinski definition) is 0. The number of esters is 2. The minimum atomic E-state index is -0.590. The van der Waals surface area contributed by atoms with Crippen LogP contribution in [0.1, 0.15) is 213 Å². The molecule has 0 heterocycles. The topological polar surface area (TPSA) is 61.8 Å². The van der Waals surface area contributed by atoms with Gasteiger partial charge in [-0.25, -0.2) is 0 Å². The Morgan fingerprint density at radius 1 is 0.400 bits per heavy atom. The van der Waals surface area contributed by atoms with Crippen molar-refractivity contribution in [2.75, 3.05) is 19.8 Å². The van der Waals surface area contributed by atoms with Gasteiger partial charge >= 0.3 is 11.9 Å². The molecule has 0 bridgehead atoms. The Balaban J connectivity index is 4.43. The smallest absolute Gasteiger partial charge is 0.309 e. The Morgan fingerprint density at radius 3 is 1.37 bits per heavy atom. The molecule has 0 aromatic heterocycles. The van der Waals surface area contributed by atoms with Gasteiger partial charge in [-0.05, 0) is 96.3 Å². The molecule has 0 radical (unpaired) electrons. The van der Waals surface area contributed by atoms with Crippen molar-refractivity contribution in [1.29, 1.82) is 0 Å². The molecule has 342 valence electrons. The highest BCUT2D eigenvalue weighted by Crippen LogP contribution is 2.12. The van der Waals surface area contributed by atoms with Gasteiger partial charge in [0.15, 0.2) is 6.10 Å². The van der Waals surface area contributed by atoms with Crippen molar-refractivity contribution in [3.05, 3.63) is 97.2 Å². The molecule has 0 N–H and O–H groups in total. The van der Waals surface area contributed by atoms with E-state index in [-0.39, 0.29) is 31.6 Å². The van der Waals surface area contributed by atoms with Crippen LogP contribution in [0.2, 0.25) is 0 Å². The van der Waals surface area contributed by atoms with Crippen LogP contribution >= 0.6 is 0 Å². The molecule has 0 aliphatic heterocycles. The summed E-state index contributed by atoms with van der Waals surface area (Å²) in [6.07, 6.45) is 67.2. The number of carbonyl (C=O) groups is 2. The molecule has 0 aromatic carbocycles. The Hall–Kier alpha value is -3.18. The lowest BCUT2D eigenvalue weighted by Crippen LogP contribution is -2.30. The fourth-order valence-electron chi connectivity index (χ4n) is 6.44. The first kappa shape index (κ1) is 56.8. The third kappa shape index (κ3) is 47.5. The molecule has 1 unspecified atom stereocenters. The summed E-state index contributed by atoms with van der Waals surface area (Å²) in [6.45, 7) is 7.50. The summed E-state index contributed by atoms with van der Waals surface area (Å²) in [7, 11) is 0. The minimum absolute atomic E-state index is 0.0190. The monoisotopic (exact) mass is 833 g/mol. The van der Waals surface area contributed by atoms with E-state index in [2.05, 4.69) is 106 Å². The van der Waals surface area contributed by atoms with Gasteiger partial charge < -0.3 is 14.2 Å². The third-order valence-corrected chi connectivity index (χ3v) is 10.1. The molecule has 0 saturated carbocycles. The number of hydrogen-bond acceptors (Lipinski definition) is 5. The lowest BCUT2D eigenvalue weighted by Gasteiger charge is -2.18. The van der Waals surface area contributed by atoms with E-state index in [0.717, 1.165) is 83.5 Å². The first-order valence-electron chi connectivity index (χ1n) is 24.8. The zero-order valence-electron chi connectivity index (χ0n) is 39.2. The Morgan fingerprint density at radius 2 is 0.833 bits per heavy atom. The molecular weight excluding hydrogens is 741 g/mol. The highest BCUT2D eigenvalue weighted by atomic mass is 16.6. The van der Waals surface area contributed by atoms with E-state index >= 15 is 0 Å². The highest BCUT2D eigenvalue weighted by molar-refractivity contribution is 5.71. The quantitative estimate of drug-likeness (QED) is 0.0348. The van der Waals surface area contributed by atoms with E-state index in [1.807, 2.05) is 12.2 Å². The van der Waals surface area contributed by atoms with E-state index < -0.39 is 6.10 Å². The van der Waals surface area contributed by atoms with Gasteiger partial charge in [-0.15, -0.1) is 0 Å². The van der Waals surface area contributed by atoms with Crippen LogP contribution in [0.15, 0.2) is 97.2 Å². The lowest BCUT2D eigenvalue weighted by molar-refractivity contribution is -0.162. The number of unbranched alkanes of at least 4 members (excludes halogenated alkanes) is 18. The van der Waals surface area contributed by atoms with Crippen LogP contribution in [-0.4, -0.2) is 37.9 Å². The van der Waals surface area contributed by atoms with Gasteiger partial charge in [0.25, 0.3) is 0 Å². The molecule has 0 saturated heterocycles. The van der Waals surface area contributed by atoms with Gasteiger partial charge in [0.05, 0.1) is 13.0 Å². The molecule has 0 amide bonds. The average molecular weight is 833 g/mol. The number of allylic oxidation sites excluding steroid dienone is 15. The summed E-state index contributed by atoms with van der Waals surface area (Å²) in [5, 5.41) is 0. The maximum Gasteiger partial charge on any atom is 0.309 e. The predicted molar refractivity (Wildman–Crippen MR) is 260 cm³/mol. The van der Waals surface area contributed by atoms with Crippen molar-refractivity contribution >= 4 is 11.9 Å². The SMILES string of the molecule is CC/C=C\C/C=C\C/C=C\C/C=C\C/C=C\CC(=O)OCC(COCCCCCCCC/C=C\C/C=C\CCC)OC(=O)CCCCCCC/C=C\CCCCCCCC. The summed E-state index contributed by atoms with van der Waals surface area (Å²) in [5.41, 5.74) is 0. The van der Waals surface area contributed by atoms with Crippen LogP contribution in [0.4, 0.5) is 0 Å². The highest BCUT2D eigenvalue weighted by Gasteiger charge is 2.17. The van der Waals surface area contributed by atoms with Crippen molar-refractivity contribution in [2.24, 2.45) is 0 Å². The third-order valence-electron chi connectivity index (χ3n) is 10.1. The van der Waals surface area contributed by atoms with E-state index in [1.54, 1.807) is 0 Å². The summed E-state index contributed by atoms with van der Waals surface area (Å²) in [4.78, 5) is 25.3. The van der Waals surface area contributed by atoms with Crippen LogP contribution in [0.3, 0.4) is 0 Å². The summed E-state index contributed by atoms with van der Waals surface area (Å²) >= 11 is 0. The summed E-state index contributed by atoms with van der Waals surface area (Å²) in [6, 6.07) is 0. The normalized spacial score (nSPS) is 13.1. The molecule has 5 heteroatoms. The largest absolute Gasteiger partial charge is 0.461 e. The molecule has 0 rings (SSSR count). The van der Waals surface area contributed by atoms with E-state index in [1.165, 1.54) is 96.3 Å². The van der Waals surface area contributed by atoms with Crippen molar-refractivity contribution < 1.29 is 23.8 Å². The van der Waals surface area contributed by atoms with Gasteiger partial charge in [-0.2, -0.15) is 0 Å². The molecule has 0 fully saturated rings. The molecule has 60 heavy (non-hydrogen) atoms. The summed E-state index contributed by atoms with van der Waals surface area (Å²) in [5.74, 6) is -0.563. The van der Waals surface area contributed by atoms with Gasteiger partial charge in [0.2, 0.25) is 0 Å². The van der Waals surface area contributed by atoms with E-state index in [9.17, 15) is 9.59 Å². The number of rotatable bonds is 44. The molecule has 0 aliphatic rings. The van der Waals surface area contributed by atoms with Crippen molar-refractivity contribution in [3.63, 3.8) is 0 Å². The fraction of sp³-hybridized carbons (Fsp3) is 0.673. The van der Waals surface area contributed by atoms with Crippen molar-refractivity contribution in [1.82, 2.24) is 0 Å². The number of carbonyl (C=O) groups excluding carboxylic acids is 2. The van der Waals surface area contributed by atoms with Crippen LogP contribution < -0.4 is 0 Å². The fourth-order valence-corrected chi connectivity index (χ4v) is 6.44. The zero-order chi connectivity index (χ0) is 43.5. The number of ether oxygens (including phenoxy) is 3. The van der Waals surface area contributed by atoms with Gasteiger partial charge in [-0.1, -0.05) is 201 Å². The first-order valence-corrected chi connectivity index (χ1v) is 24.8. The van der Waals surface area contributed by atoms with Crippen LogP contribution in [-0.2, 0) is 23.8 Å². The minimum Gasteiger partial charge on any atom is -0.461 e. The molecular formula is C55H92O5. The maximum atomic E-state index is 12.8. The van der Waals surface area contributed by atoms with Crippen molar-refractivity contribution in [2.45, 2.75) is 219 Å². The second-order valence-corrected chi connectivity index (χ2v) is 16.0. The molecule has 0 spiro atoms. The van der Waals surface area contributed by atoms with E-state index in [4.69, 9.17) is 14.2 Å².